The fourth-order valence-electron chi connectivity index (χ4n) is 12.8. The van der Waals surface area contributed by atoms with Gasteiger partial charge in [-0.05, 0) is 146 Å². The molecule has 0 aliphatic carbocycles. The number of aromatic carboxylic acids is 2. The summed E-state index contributed by atoms with van der Waals surface area (Å²) in [5.74, 6) is -9.91. The molecule has 34 heteroatoms. The number of nitrogens with two attached hydrogens (primary N) is 1. The maximum atomic E-state index is 13.8. The SMILES string of the molecule is CC(=O)[C@H](CCCCNC(=O)CC[C@H](NC(=O)COCCOCCNC(=O)COCCCCC(=O)CCCCCCCCCOc1ccc(C(=O)O)cc1)C(=O)O)CC(=O)[C@H](CCCCNC(=O)CC[C@H](CC(=O)COCCOCCNC(=O)COCCOCCNC(=O)CCCCCCCCCCc1ccc(C(=O)O)cc1)C(=O)O)CC(=O)C(C)(C)N. The summed E-state index contributed by atoms with van der Waals surface area (Å²) < 4.78 is 43.4. The first kappa shape index (κ1) is 110. The number of hydrogen-bond acceptors (Lipinski definition) is 24. The lowest BCUT2D eigenvalue weighted by molar-refractivity contribution is -0.145. The molecule has 12 N–H and O–H groups in total. The van der Waals surface area contributed by atoms with Crippen molar-refractivity contribution in [3.63, 3.8) is 0 Å². The third-order valence-electron chi connectivity index (χ3n) is 20.1. The molecule has 0 spiro atoms. The Bertz CT molecular complexity index is 3410. The highest BCUT2D eigenvalue weighted by Gasteiger charge is 2.31. The van der Waals surface area contributed by atoms with E-state index in [2.05, 4.69) is 31.9 Å². The van der Waals surface area contributed by atoms with E-state index in [4.69, 9.17) is 53.8 Å². The molecule has 0 radical (unpaired) electrons. The van der Waals surface area contributed by atoms with Crippen LogP contribution in [0.3, 0.4) is 0 Å². The minimum Gasteiger partial charge on any atom is -0.494 e. The van der Waals surface area contributed by atoms with Crippen molar-refractivity contribution in [1.29, 1.82) is 0 Å². The van der Waals surface area contributed by atoms with Gasteiger partial charge in [0.1, 0.15) is 55.6 Å². The molecular weight excluding hydrogens is 1600 g/mol. The summed E-state index contributed by atoms with van der Waals surface area (Å²) >= 11 is 0. The van der Waals surface area contributed by atoms with Crippen molar-refractivity contribution in [2.75, 3.05) is 132 Å². The Labute approximate surface area is 724 Å². The largest absolute Gasteiger partial charge is 0.494 e. The van der Waals surface area contributed by atoms with Crippen molar-refractivity contribution in [1.82, 2.24) is 31.9 Å². The van der Waals surface area contributed by atoms with E-state index < -0.39 is 83.3 Å². The topological polar surface area (TPSA) is 509 Å². The van der Waals surface area contributed by atoms with Crippen molar-refractivity contribution in [2.24, 2.45) is 23.5 Å². The van der Waals surface area contributed by atoms with Gasteiger partial charge in [-0.25, -0.2) is 14.4 Å². The van der Waals surface area contributed by atoms with Gasteiger partial charge in [-0.1, -0.05) is 95.6 Å². The van der Waals surface area contributed by atoms with E-state index in [9.17, 15) is 82.1 Å². The predicted molar refractivity (Wildman–Crippen MR) is 456 cm³/mol. The third-order valence-corrected chi connectivity index (χ3v) is 20.1. The molecule has 0 saturated heterocycles. The molecule has 0 bridgehead atoms. The van der Waals surface area contributed by atoms with Crippen LogP contribution < -0.4 is 42.4 Å². The van der Waals surface area contributed by atoms with Gasteiger partial charge in [0.05, 0.1) is 88.7 Å². The van der Waals surface area contributed by atoms with Gasteiger partial charge in [0.25, 0.3) is 0 Å². The zero-order valence-corrected chi connectivity index (χ0v) is 72.9. The molecule has 2 rings (SSSR count). The molecule has 2 aromatic rings. The number of carboxylic acids is 4. The van der Waals surface area contributed by atoms with Crippen LogP contribution in [0.5, 0.6) is 5.75 Å². The zero-order valence-electron chi connectivity index (χ0n) is 72.9. The second-order valence-corrected chi connectivity index (χ2v) is 31.4. The number of benzene rings is 2. The summed E-state index contributed by atoms with van der Waals surface area (Å²) in [6.07, 6.45) is 20.2. The number of aryl methyl sites for hydroxylation is 1. The number of ketones is 5. The second-order valence-electron chi connectivity index (χ2n) is 31.4. The van der Waals surface area contributed by atoms with Crippen LogP contribution in [-0.2, 0) is 102 Å². The molecule has 694 valence electrons. The van der Waals surface area contributed by atoms with Gasteiger partial charge < -0.3 is 96.0 Å². The van der Waals surface area contributed by atoms with E-state index in [0.717, 1.165) is 108 Å². The number of carbonyl (C=O) groups excluding carboxylic acids is 11. The average Bonchev–Trinajstić information content (AvgIpc) is 0.864. The smallest absolute Gasteiger partial charge is 0.335 e. The van der Waals surface area contributed by atoms with Crippen LogP contribution in [0.25, 0.3) is 0 Å². The first-order valence-electron chi connectivity index (χ1n) is 43.8. The number of amides is 6. The summed E-state index contributed by atoms with van der Waals surface area (Å²) in [4.78, 5) is 185. The van der Waals surface area contributed by atoms with Gasteiger partial charge in [-0.15, -0.1) is 0 Å². The van der Waals surface area contributed by atoms with Crippen molar-refractivity contribution >= 4 is 88.2 Å². The van der Waals surface area contributed by atoms with Gasteiger partial charge >= 0.3 is 23.9 Å². The molecule has 34 nitrogen and oxygen atoms in total. The maximum Gasteiger partial charge on any atom is 0.335 e. The van der Waals surface area contributed by atoms with Crippen LogP contribution in [0.2, 0.25) is 0 Å². The first-order chi connectivity index (χ1) is 59.0. The van der Waals surface area contributed by atoms with Crippen molar-refractivity contribution in [2.45, 2.75) is 251 Å². The molecule has 6 amide bonds. The molecule has 0 aliphatic rings. The molecule has 0 fully saturated rings. The Morgan fingerprint density at radius 3 is 1.27 bits per heavy atom. The Hall–Kier alpha value is -9.03. The van der Waals surface area contributed by atoms with E-state index in [1.807, 2.05) is 12.1 Å². The quantitative estimate of drug-likeness (QED) is 0.0277. The monoisotopic (exact) mass is 1740 g/mol. The van der Waals surface area contributed by atoms with Crippen LogP contribution in [0.15, 0.2) is 48.5 Å². The molecule has 0 aromatic heterocycles. The van der Waals surface area contributed by atoms with Crippen molar-refractivity contribution in [3.8, 4) is 5.75 Å². The van der Waals surface area contributed by atoms with Crippen LogP contribution >= 0.6 is 0 Å². The number of Topliss-reactive ketones (excluding diaryl/α,β-unsaturated/α-hetero) is 5. The lowest BCUT2D eigenvalue weighted by atomic mass is 9.82. The third kappa shape index (κ3) is 61.0. The Balaban J connectivity index is 1.49. The van der Waals surface area contributed by atoms with Crippen molar-refractivity contribution < 1.29 is 130 Å². The number of rotatable bonds is 83. The average molecular weight is 1740 g/mol. The highest BCUT2D eigenvalue weighted by molar-refractivity contribution is 5.94. The highest BCUT2D eigenvalue weighted by Crippen LogP contribution is 2.25. The molecule has 0 unspecified atom stereocenters. The maximum absolute atomic E-state index is 13.8. The van der Waals surface area contributed by atoms with E-state index in [1.54, 1.807) is 24.3 Å². The highest BCUT2D eigenvalue weighted by atomic mass is 16.5. The van der Waals surface area contributed by atoms with Gasteiger partial charge in [0.15, 0.2) is 11.6 Å². The summed E-state index contributed by atoms with van der Waals surface area (Å²) in [7, 11) is 0. The van der Waals surface area contributed by atoms with E-state index in [0.29, 0.717) is 102 Å². The molecule has 0 heterocycles. The fraction of sp³-hybridized carbons (Fsp3) is 0.697. The Kier molecular flexibility index (Phi) is 62.9. The summed E-state index contributed by atoms with van der Waals surface area (Å²) in [6.45, 7) is 6.53. The normalized spacial score (nSPS) is 12.3. The van der Waals surface area contributed by atoms with Crippen LogP contribution in [0.4, 0.5) is 0 Å². The van der Waals surface area contributed by atoms with Crippen LogP contribution in [-0.4, -0.2) is 252 Å². The molecular formula is C89H141N7O27. The second kappa shape index (κ2) is 70.3. The molecule has 0 aliphatic heterocycles. The van der Waals surface area contributed by atoms with E-state index >= 15 is 0 Å². The zero-order chi connectivity index (χ0) is 90.5. The number of ether oxygens (including phenoxy) is 8. The standard InChI is InChI=1S/C89H141N7O27/c1-66(97)70(26-18-21-43-92-81(104)42-40-76(88(114)115)96-84(107)65-122-58-55-118-52-46-94-82(105)63-119-48-24-20-29-73(98)28-16-12-8-6-10-14-23-49-123-75-38-35-69(36-39-75)86(110)111)60-77(100)71(61-78(101)89(2,3)90)27-19-22-44-91-80(103)41-37-72(87(112)113)59-74(99)62-120-56-53-117-51-47-95-83(106)64-121-57-54-116-50-45-93-79(102)30-17-13-9-5-4-7-11-15-25-67-31-33-68(34-32-67)85(108)109/h31-36,38-39,70-72,76H,4-30,37,40-65,90H2,1-3H3,(H,91,103)(H,92,104)(H,93,102)(H,94,105)(H,95,106)(H,96,107)(H,108,109)(H,110,111)(H,112,113)(H,114,115)/t70-,71-,72-,76+/m1/s1. The summed E-state index contributed by atoms with van der Waals surface area (Å²) in [6, 6.07) is 12.0. The van der Waals surface area contributed by atoms with Crippen LogP contribution in [0.1, 0.15) is 259 Å². The minimum atomic E-state index is -1.38. The number of hydrogen-bond donors (Lipinski definition) is 11. The molecule has 123 heavy (non-hydrogen) atoms. The van der Waals surface area contributed by atoms with Gasteiger partial charge in [-0.2, -0.15) is 0 Å². The Morgan fingerprint density at radius 2 is 0.764 bits per heavy atom. The summed E-state index contributed by atoms with van der Waals surface area (Å²) in [5, 5.41) is 53.5. The lowest BCUT2D eigenvalue weighted by Crippen LogP contribution is -2.43. The molecule has 4 atom stereocenters. The minimum absolute atomic E-state index is 0.00312. The van der Waals surface area contributed by atoms with Crippen molar-refractivity contribution in [3.05, 3.63) is 65.2 Å². The lowest BCUT2D eigenvalue weighted by Gasteiger charge is -2.23. The molecule has 0 saturated carbocycles. The van der Waals surface area contributed by atoms with Crippen LogP contribution in [0, 0.1) is 17.8 Å². The fourth-order valence-corrected chi connectivity index (χ4v) is 12.8. The number of aliphatic carboxylic acids is 2. The van der Waals surface area contributed by atoms with E-state index in [1.165, 1.54) is 32.9 Å². The van der Waals surface area contributed by atoms with Gasteiger partial charge in [0, 0.05) is 103 Å². The summed E-state index contributed by atoms with van der Waals surface area (Å²) in [5.41, 5.74) is 6.53. The van der Waals surface area contributed by atoms with Gasteiger partial charge in [-0.3, -0.25) is 57.5 Å². The first-order valence-corrected chi connectivity index (χ1v) is 43.8. The van der Waals surface area contributed by atoms with Gasteiger partial charge in [0.2, 0.25) is 35.4 Å². The number of nitrogens with one attached hydrogen (secondary N) is 6. The number of carboxylic acid groups (broad SMARTS) is 4. The van der Waals surface area contributed by atoms with E-state index in [-0.39, 0.29) is 197 Å². The predicted octanol–water partition coefficient (Wildman–Crippen LogP) is 8.38. The molecule has 2 aromatic carbocycles. The number of carbonyl (C=O) groups is 15. The Morgan fingerprint density at radius 1 is 0.350 bits per heavy atom. The number of unbranched alkanes of at least 4 members (excludes halogenated alkanes) is 16.